The van der Waals surface area contributed by atoms with Gasteiger partial charge in [-0.05, 0) is 37.3 Å². The van der Waals surface area contributed by atoms with Crippen LogP contribution in [0.1, 0.15) is 24.8 Å². The zero-order valence-electron chi connectivity index (χ0n) is 11.8. The van der Waals surface area contributed by atoms with Crippen molar-refractivity contribution in [2.75, 3.05) is 18.4 Å². The van der Waals surface area contributed by atoms with Crippen LogP contribution in [0.3, 0.4) is 0 Å². The third-order valence-electron chi connectivity index (χ3n) is 4.22. The number of carbonyl (C=O) groups is 2. The number of nitrogens with zero attached hydrogens (tertiary/aromatic N) is 2. The number of rotatable bonds is 1. The van der Waals surface area contributed by atoms with E-state index in [1.807, 2.05) is 24.3 Å². The van der Waals surface area contributed by atoms with Crippen LogP contribution in [0.2, 0.25) is 0 Å². The van der Waals surface area contributed by atoms with Gasteiger partial charge in [0.15, 0.2) is 0 Å². The Kier molecular flexibility index (Phi) is 3.68. The number of piperidine rings is 1. The van der Waals surface area contributed by atoms with Crippen LogP contribution in [0.25, 0.3) is 0 Å². The molecule has 0 bridgehead atoms. The summed E-state index contributed by atoms with van der Waals surface area (Å²) in [5.41, 5.74) is 1.91. The number of benzene rings is 1. The summed E-state index contributed by atoms with van der Waals surface area (Å²) in [5, 5.41) is 12.2. The third-order valence-corrected chi connectivity index (χ3v) is 4.22. The van der Waals surface area contributed by atoms with Crippen molar-refractivity contribution in [3.63, 3.8) is 0 Å². The maximum Gasteiger partial charge on any atom is 0.408 e. The van der Waals surface area contributed by atoms with Crippen molar-refractivity contribution in [1.29, 1.82) is 0 Å². The molecule has 21 heavy (non-hydrogen) atoms. The molecular formula is C15H19N3O3. The summed E-state index contributed by atoms with van der Waals surface area (Å²) in [6, 6.07) is 7.50. The fraction of sp³-hybridized carbons (Fsp3) is 0.467. The number of fused-ring (bicyclic) bond motifs is 1. The molecule has 1 aromatic carbocycles. The Balaban J connectivity index is 1.83. The van der Waals surface area contributed by atoms with Gasteiger partial charge in [-0.25, -0.2) is 9.59 Å². The minimum Gasteiger partial charge on any atom is -0.465 e. The van der Waals surface area contributed by atoms with E-state index in [0.717, 1.165) is 30.5 Å². The number of hydrogen-bond donors (Lipinski definition) is 2. The molecule has 1 fully saturated rings. The van der Waals surface area contributed by atoms with Crippen molar-refractivity contribution < 1.29 is 14.7 Å². The number of urea groups is 1. The summed E-state index contributed by atoms with van der Waals surface area (Å²) in [7, 11) is 0. The van der Waals surface area contributed by atoms with Gasteiger partial charge in [0, 0.05) is 18.8 Å². The molecule has 0 aliphatic carbocycles. The van der Waals surface area contributed by atoms with Gasteiger partial charge in [0.1, 0.15) is 6.17 Å². The smallest absolute Gasteiger partial charge is 0.408 e. The zero-order valence-corrected chi connectivity index (χ0v) is 11.8. The topological polar surface area (TPSA) is 72.9 Å². The molecule has 1 aromatic rings. The van der Waals surface area contributed by atoms with Crippen molar-refractivity contribution in [2.45, 2.75) is 31.8 Å². The predicted molar refractivity (Wildman–Crippen MR) is 78.2 cm³/mol. The van der Waals surface area contributed by atoms with Crippen molar-refractivity contribution in [1.82, 2.24) is 9.80 Å². The maximum atomic E-state index is 12.4. The van der Waals surface area contributed by atoms with Crippen LogP contribution in [-0.4, -0.2) is 46.3 Å². The molecule has 6 heteroatoms. The molecule has 2 heterocycles. The van der Waals surface area contributed by atoms with Gasteiger partial charge >= 0.3 is 12.1 Å². The van der Waals surface area contributed by atoms with E-state index in [0.29, 0.717) is 19.5 Å². The van der Waals surface area contributed by atoms with Gasteiger partial charge < -0.3 is 15.3 Å². The van der Waals surface area contributed by atoms with Crippen LogP contribution >= 0.6 is 0 Å². The lowest BCUT2D eigenvalue weighted by Crippen LogP contribution is -2.55. The molecule has 1 atom stereocenters. The SMILES string of the molecule is O=C(O)N1CCCCC1N1CCc2ccccc2NC1=O. The number of anilines is 1. The fourth-order valence-electron chi connectivity index (χ4n) is 3.14. The van der Waals surface area contributed by atoms with Crippen molar-refractivity contribution in [3.8, 4) is 0 Å². The van der Waals surface area contributed by atoms with Crippen molar-refractivity contribution in [2.24, 2.45) is 0 Å². The van der Waals surface area contributed by atoms with E-state index in [9.17, 15) is 14.7 Å². The first kappa shape index (κ1) is 13.7. The molecular weight excluding hydrogens is 270 g/mol. The number of amides is 3. The average molecular weight is 289 g/mol. The molecule has 1 unspecified atom stereocenters. The summed E-state index contributed by atoms with van der Waals surface area (Å²) in [6.07, 6.45) is 1.94. The average Bonchev–Trinajstić information content (AvgIpc) is 2.65. The van der Waals surface area contributed by atoms with E-state index in [1.165, 1.54) is 4.90 Å². The second kappa shape index (κ2) is 5.63. The number of likely N-dealkylation sites (tertiary alicyclic amines) is 1. The molecule has 2 N–H and O–H groups in total. The highest BCUT2D eigenvalue weighted by Gasteiger charge is 2.35. The minimum atomic E-state index is -0.950. The van der Waals surface area contributed by atoms with Crippen molar-refractivity contribution >= 4 is 17.8 Å². The number of carbonyl (C=O) groups excluding carboxylic acids is 1. The van der Waals surface area contributed by atoms with Crippen molar-refractivity contribution in [3.05, 3.63) is 29.8 Å². The molecule has 112 valence electrons. The lowest BCUT2D eigenvalue weighted by molar-refractivity contribution is 0.0432. The van der Waals surface area contributed by atoms with E-state index in [-0.39, 0.29) is 12.2 Å². The molecule has 3 amide bonds. The third kappa shape index (κ3) is 2.66. The minimum absolute atomic E-state index is 0.210. The van der Waals surface area contributed by atoms with Gasteiger partial charge in [0.2, 0.25) is 0 Å². The van der Waals surface area contributed by atoms with E-state index >= 15 is 0 Å². The first-order valence-corrected chi connectivity index (χ1v) is 7.32. The van der Waals surface area contributed by atoms with E-state index in [2.05, 4.69) is 5.32 Å². The molecule has 6 nitrogen and oxygen atoms in total. The lowest BCUT2D eigenvalue weighted by Gasteiger charge is -2.40. The first-order valence-electron chi connectivity index (χ1n) is 7.32. The van der Waals surface area contributed by atoms with Gasteiger partial charge in [-0.2, -0.15) is 0 Å². The lowest BCUT2D eigenvalue weighted by atomic mass is 10.1. The standard InChI is InChI=1S/C15H19N3O3/c19-14-16-12-6-2-1-5-11(12)8-10-17(14)13-7-3-4-9-18(13)15(20)21/h1-2,5-6,13H,3-4,7-10H2,(H,16,19)(H,20,21). The Labute approximate surface area is 123 Å². The molecule has 0 spiro atoms. The predicted octanol–water partition coefficient (Wildman–Crippen LogP) is 2.57. The number of hydrogen-bond acceptors (Lipinski definition) is 2. The molecule has 0 saturated carbocycles. The van der Waals surface area contributed by atoms with Crippen LogP contribution in [0.4, 0.5) is 15.3 Å². The zero-order chi connectivity index (χ0) is 14.8. The highest BCUT2D eigenvalue weighted by atomic mass is 16.4. The molecule has 3 rings (SSSR count). The Morgan fingerprint density at radius 1 is 1.24 bits per heavy atom. The molecule has 1 saturated heterocycles. The van der Waals surface area contributed by atoms with E-state index in [1.54, 1.807) is 4.90 Å². The monoisotopic (exact) mass is 289 g/mol. The van der Waals surface area contributed by atoms with Gasteiger partial charge in [0.05, 0.1) is 0 Å². The van der Waals surface area contributed by atoms with Crippen LogP contribution in [0.5, 0.6) is 0 Å². The summed E-state index contributed by atoms with van der Waals surface area (Å²) >= 11 is 0. The molecule has 2 aliphatic rings. The van der Waals surface area contributed by atoms with Gasteiger partial charge in [0.25, 0.3) is 0 Å². The largest absolute Gasteiger partial charge is 0.465 e. The van der Waals surface area contributed by atoms with Crippen LogP contribution in [0, 0.1) is 0 Å². The highest BCUT2D eigenvalue weighted by molar-refractivity contribution is 5.91. The number of carboxylic acid groups (broad SMARTS) is 1. The summed E-state index contributed by atoms with van der Waals surface area (Å²) < 4.78 is 0. The highest BCUT2D eigenvalue weighted by Crippen LogP contribution is 2.25. The van der Waals surface area contributed by atoms with Gasteiger partial charge in [-0.1, -0.05) is 18.2 Å². The normalized spacial score (nSPS) is 22.3. The Bertz CT molecular complexity index is 561. The number of nitrogens with one attached hydrogen (secondary N) is 1. The summed E-state index contributed by atoms with van der Waals surface area (Å²) in [4.78, 5) is 26.9. The molecule has 2 aliphatic heterocycles. The molecule has 0 radical (unpaired) electrons. The Hall–Kier alpha value is -2.24. The molecule has 0 aromatic heterocycles. The quantitative estimate of drug-likeness (QED) is 0.834. The second-order valence-corrected chi connectivity index (χ2v) is 5.48. The van der Waals surface area contributed by atoms with Crippen LogP contribution < -0.4 is 5.32 Å². The Morgan fingerprint density at radius 3 is 2.86 bits per heavy atom. The fourth-order valence-corrected chi connectivity index (χ4v) is 3.14. The Morgan fingerprint density at radius 2 is 2.05 bits per heavy atom. The van der Waals surface area contributed by atoms with Gasteiger partial charge in [-0.15, -0.1) is 0 Å². The van der Waals surface area contributed by atoms with E-state index < -0.39 is 6.09 Å². The van der Waals surface area contributed by atoms with E-state index in [4.69, 9.17) is 0 Å². The summed E-state index contributed by atoms with van der Waals surface area (Å²) in [5.74, 6) is 0. The van der Waals surface area contributed by atoms with Gasteiger partial charge in [-0.3, -0.25) is 4.90 Å². The second-order valence-electron chi connectivity index (χ2n) is 5.48. The number of para-hydroxylation sites is 1. The van der Waals surface area contributed by atoms with Crippen LogP contribution in [0.15, 0.2) is 24.3 Å². The van der Waals surface area contributed by atoms with Crippen LogP contribution in [-0.2, 0) is 6.42 Å². The maximum absolute atomic E-state index is 12.4. The first-order chi connectivity index (χ1) is 10.2. The summed E-state index contributed by atoms with van der Waals surface area (Å²) in [6.45, 7) is 1.04.